The van der Waals surface area contributed by atoms with Gasteiger partial charge in [0.15, 0.2) is 0 Å². The number of hydrogen-bond donors (Lipinski definition) is 1. The van der Waals surface area contributed by atoms with E-state index in [1.165, 1.54) is 7.11 Å². The van der Waals surface area contributed by atoms with Gasteiger partial charge in [-0.1, -0.05) is 12.1 Å². The van der Waals surface area contributed by atoms with E-state index in [1.807, 2.05) is 18.2 Å². The second-order valence-corrected chi connectivity index (χ2v) is 5.67. The summed E-state index contributed by atoms with van der Waals surface area (Å²) in [6.45, 7) is 4.27. The fourth-order valence-electron chi connectivity index (χ4n) is 2.60. The molecule has 116 valence electrons. The first-order chi connectivity index (χ1) is 10.0. The number of nitrogens with two attached hydrogens (primary N) is 1. The van der Waals surface area contributed by atoms with Crippen molar-refractivity contribution < 1.29 is 14.3 Å². The quantitative estimate of drug-likeness (QED) is 0.840. The minimum atomic E-state index is -0.920. The Balaban J connectivity index is 1.96. The number of fused-ring (bicyclic) bond motifs is 1. The van der Waals surface area contributed by atoms with E-state index in [-0.39, 0.29) is 5.97 Å². The van der Waals surface area contributed by atoms with E-state index < -0.39 is 5.54 Å². The Morgan fingerprint density at radius 3 is 3.00 bits per heavy atom. The minimum absolute atomic E-state index is 0.359. The maximum Gasteiger partial charge on any atom is 0.325 e. The summed E-state index contributed by atoms with van der Waals surface area (Å²) in [7, 11) is 1.37. The fourth-order valence-corrected chi connectivity index (χ4v) is 2.60. The molecule has 1 aromatic carbocycles. The number of hydrogen-bond acceptors (Lipinski definition) is 5. The molecule has 2 N–H and O–H groups in total. The Kier molecular flexibility index (Phi) is 5.07. The van der Waals surface area contributed by atoms with Crippen LogP contribution in [-0.4, -0.2) is 38.3 Å². The Hall–Kier alpha value is -1.75. The van der Waals surface area contributed by atoms with Crippen LogP contribution < -0.4 is 15.4 Å². The number of carbonyl (C=O) groups is 1. The van der Waals surface area contributed by atoms with Crippen LogP contribution in [0.2, 0.25) is 0 Å². The van der Waals surface area contributed by atoms with Gasteiger partial charge >= 0.3 is 5.97 Å². The number of nitrogens with zero attached hydrogens (tertiary/aromatic N) is 1. The lowest BCUT2D eigenvalue weighted by Crippen LogP contribution is -2.46. The summed E-state index contributed by atoms with van der Waals surface area (Å²) in [5.41, 5.74) is 6.19. The lowest BCUT2D eigenvalue weighted by atomic mass is 9.97. The highest BCUT2D eigenvalue weighted by Gasteiger charge is 2.29. The minimum Gasteiger partial charge on any atom is -0.491 e. The van der Waals surface area contributed by atoms with E-state index in [1.54, 1.807) is 6.92 Å². The van der Waals surface area contributed by atoms with Crippen molar-refractivity contribution in [2.45, 2.75) is 31.7 Å². The molecule has 0 bridgehead atoms. The predicted molar refractivity (Wildman–Crippen MR) is 82.6 cm³/mol. The van der Waals surface area contributed by atoms with Gasteiger partial charge < -0.3 is 20.1 Å². The van der Waals surface area contributed by atoms with Crippen molar-refractivity contribution >= 4 is 11.7 Å². The first kappa shape index (κ1) is 15.6. The van der Waals surface area contributed by atoms with Gasteiger partial charge in [0.05, 0.1) is 19.4 Å². The van der Waals surface area contributed by atoms with Crippen molar-refractivity contribution in [1.82, 2.24) is 0 Å². The molecule has 0 fully saturated rings. The van der Waals surface area contributed by atoms with Gasteiger partial charge in [-0.25, -0.2) is 0 Å². The van der Waals surface area contributed by atoms with Crippen molar-refractivity contribution in [1.29, 1.82) is 0 Å². The van der Waals surface area contributed by atoms with Crippen molar-refractivity contribution in [2.75, 3.05) is 31.7 Å². The van der Waals surface area contributed by atoms with Gasteiger partial charge in [-0.2, -0.15) is 0 Å². The number of anilines is 1. The SMILES string of the molecule is COC(=O)C(C)(N)CCCN1CCCOc2ccccc21. The van der Waals surface area contributed by atoms with Crippen molar-refractivity contribution in [2.24, 2.45) is 5.73 Å². The van der Waals surface area contributed by atoms with Gasteiger partial charge in [0.25, 0.3) is 0 Å². The monoisotopic (exact) mass is 292 g/mol. The van der Waals surface area contributed by atoms with Crippen LogP contribution in [0.3, 0.4) is 0 Å². The maximum absolute atomic E-state index is 11.6. The largest absolute Gasteiger partial charge is 0.491 e. The van der Waals surface area contributed by atoms with Crippen LogP contribution in [-0.2, 0) is 9.53 Å². The van der Waals surface area contributed by atoms with Crippen LogP contribution in [0.1, 0.15) is 26.2 Å². The number of esters is 1. The molecule has 1 aliphatic rings. The normalized spacial score (nSPS) is 17.2. The Morgan fingerprint density at radius 1 is 1.48 bits per heavy atom. The third-order valence-electron chi connectivity index (χ3n) is 3.81. The zero-order chi connectivity index (χ0) is 15.3. The topological polar surface area (TPSA) is 64.8 Å². The van der Waals surface area contributed by atoms with Crippen LogP contribution in [0.5, 0.6) is 5.75 Å². The van der Waals surface area contributed by atoms with Gasteiger partial charge in [0.2, 0.25) is 0 Å². The molecule has 0 radical (unpaired) electrons. The molecule has 0 spiro atoms. The Labute approximate surface area is 126 Å². The summed E-state index contributed by atoms with van der Waals surface area (Å²) >= 11 is 0. The number of ether oxygens (including phenoxy) is 2. The summed E-state index contributed by atoms with van der Waals surface area (Å²) in [6.07, 6.45) is 2.42. The number of carbonyl (C=O) groups excluding carboxylic acids is 1. The first-order valence-electron chi connectivity index (χ1n) is 7.38. The van der Waals surface area contributed by atoms with Gasteiger partial charge in [0, 0.05) is 13.1 Å². The predicted octanol–water partition coefficient (Wildman–Crippen LogP) is 1.95. The standard InChI is InChI=1S/C16H24N2O3/c1-16(17,15(19)20-2)9-5-10-18-11-6-12-21-14-8-4-3-7-13(14)18/h3-4,7-8H,5-6,9-12,17H2,1-2H3. The average Bonchev–Trinajstić information content (AvgIpc) is 2.69. The highest BCUT2D eigenvalue weighted by atomic mass is 16.5. The number of benzene rings is 1. The smallest absolute Gasteiger partial charge is 0.325 e. The summed E-state index contributed by atoms with van der Waals surface area (Å²) in [5.74, 6) is 0.570. The van der Waals surface area contributed by atoms with Gasteiger partial charge in [-0.15, -0.1) is 0 Å². The van der Waals surface area contributed by atoms with Crippen molar-refractivity contribution in [3.63, 3.8) is 0 Å². The highest BCUT2D eigenvalue weighted by Crippen LogP contribution is 2.30. The van der Waals surface area contributed by atoms with Crippen LogP contribution in [0, 0.1) is 0 Å². The number of methoxy groups -OCH3 is 1. The molecule has 0 saturated heterocycles. The lowest BCUT2D eigenvalue weighted by Gasteiger charge is -2.26. The van der Waals surface area contributed by atoms with Gasteiger partial charge in [0.1, 0.15) is 11.3 Å². The number of rotatable bonds is 5. The van der Waals surface area contributed by atoms with Crippen LogP contribution in [0.25, 0.3) is 0 Å². The summed E-state index contributed by atoms with van der Waals surface area (Å²) in [5, 5.41) is 0. The third-order valence-corrected chi connectivity index (χ3v) is 3.81. The van der Waals surface area contributed by atoms with Crippen molar-refractivity contribution in [3.8, 4) is 5.75 Å². The second kappa shape index (κ2) is 6.80. The highest BCUT2D eigenvalue weighted by molar-refractivity contribution is 5.79. The summed E-state index contributed by atoms with van der Waals surface area (Å²) in [4.78, 5) is 13.9. The van der Waals surface area contributed by atoms with E-state index in [0.717, 1.165) is 44.0 Å². The molecular formula is C16H24N2O3. The molecule has 0 aromatic heterocycles. The van der Waals surface area contributed by atoms with Crippen LogP contribution in [0.4, 0.5) is 5.69 Å². The van der Waals surface area contributed by atoms with E-state index >= 15 is 0 Å². The fraction of sp³-hybridized carbons (Fsp3) is 0.562. The summed E-state index contributed by atoms with van der Waals surface area (Å²) < 4.78 is 10.5. The third kappa shape index (κ3) is 3.88. The molecule has 0 amide bonds. The summed E-state index contributed by atoms with van der Waals surface area (Å²) in [6, 6.07) is 8.07. The molecule has 0 aliphatic carbocycles. The molecular weight excluding hydrogens is 268 g/mol. The zero-order valence-corrected chi connectivity index (χ0v) is 12.8. The van der Waals surface area contributed by atoms with E-state index in [0.29, 0.717) is 6.42 Å². The molecule has 0 saturated carbocycles. The maximum atomic E-state index is 11.6. The molecule has 1 aliphatic heterocycles. The lowest BCUT2D eigenvalue weighted by molar-refractivity contribution is -0.146. The zero-order valence-electron chi connectivity index (χ0n) is 12.8. The Bertz CT molecular complexity index is 488. The molecule has 5 nitrogen and oxygen atoms in total. The van der Waals surface area contributed by atoms with E-state index in [9.17, 15) is 4.79 Å². The molecule has 2 rings (SSSR count). The first-order valence-corrected chi connectivity index (χ1v) is 7.38. The Morgan fingerprint density at radius 2 is 2.24 bits per heavy atom. The van der Waals surface area contributed by atoms with Gasteiger partial charge in [-0.05, 0) is 38.3 Å². The molecule has 21 heavy (non-hydrogen) atoms. The second-order valence-electron chi connectivity index (χ2n) is 5.67. The molecule has 1 unspecified atom stereocenters. The molecule has 5 heteroatoms. The van der Waals surface area contributed by atoms with Crippen LogP contribution >= 0.6 is 0 Å². The molecule has 1 heterocycles. The van der Waals surface area contributed by atoms with Gasteiger partial charge in [-0.3, -0.25) is 4.79 Å². The number of para-hydroxylation sites is 2. The van der Waals surface area contributed by atoms with Crippen molar-refractivity contribution in [3.05, 3.63) is 24.3 Å². The molecule has 1 atom stereocenters. The molecule has 1 aromatic rings. The van der Waals surface area contributed by atoms with E-state index in [4.69, 9.17) is 15.2 Å². The average molecular weight is 292 g/mol. The van der Waals surface area contributed by atoms with E-state index in [2.05, 4.69) is 11.0 Å². The van der Waals surface area contributed by atoms with Crippen LogP contribution in [0.15, 0.2) is 24.3 Å².